The molecule has 0 saturated carbocycles. The fourth-order valence-electron chi connectivity index (χ4n) is 3.75. The summed E-state index contributed by atoms with van der Waals surface area (Å²) in [5, 5.41) is 3.00. The third-order valence-corrected chi connectivity index (χ3v) is 7.42. The zero-order chi connectivity index (χ0) is 20.9. The van der Waals surface area contributed by atoms with E-state index >= 15 is 0 Å². The van der Waals surface area contributed by atoms with E-state index in [1.807, 2.05) is 13.8 Å². The van der Waals surface area contributed by atoms with Crippen LogP contribution in [0.15, 0.2) is 23.1 Å². The first-order chi connectivity index (χ1) is 14.0. The van der Waals surface area contributed by atoms with Crippen molar-refractivity contribution in [3.63, 3.8) is 0 Å². The topological polar surface area (TPSA) is 88.2 Å². The molecular formula is C20H31N3O5S. The summed E-state index contributed by atoms with van der Waals surface area (Å²) < 4.78 is 38.2. The van der Waals surface area contributed by atoms with Gasteiger partial charge in [0.25, 0.3) is 0 Å². The van der Waals surface area contributed by atoms with Crippen molar-refractivity contribution < 1.29 is 22.7 Å². The number of rotatable bonds is 7. The maximum atomic E-state index is 13.1. The van der Waals surface area contributed by atoms with Crippen LogP contribution < -0.4 is 10.2 Å². The maximum Gasteiger partial charge on any atom is 0.243 e. The van der Waals surface area contributed by atoms with E-state index in [9.17, 15) is 13.2 Å². The Morgan fingerprint density at radius 2 is 1.72 bits per heavy atom. The number of carbonyl (C=O) groups is 1. The Morgan fingerprint density at radius 3 is 2.34 bits per heavy atom. The summed E-state index contributed by atoms with van der Waals surface area (Å²) >= 11 is 0. The van der Waals surface area contributed by atoms with Crippen molar-refractivity contribution in [1.29, 1.82) is 0 Å². The van der Waals surface area contributed by atoms with Gasteiger partial charge < -0.3 is 19.7 Å². The molecule has 0 atom stereocenters. The molecule has 1 aromatic rings. The lowest BCUT2D eigenvalue weighted by molar-refractivity contribution is -0.122. The van der Waals surface area contributed by atoms with Gasteiger partial charge in [0, 0.05) is 45.3 Å². The molecule has 0 aromatic heterocycles. The van der Waals surface area contributed by atoms with Gasteiger partial charge >= 0.3 is 0 Å². The highest BCUT2D eigenvalue weighted by Gasteiger charge is 2.28. The maximum absolute atomic E-state index is 13.1. The molecule has 0 unspecified atom stereocenters. The van der Waals surface area contributed by atoms with Crippen LogP contribution in [0.1, 0.15) is 26.7 Å². The molecule has 2 saturated heterocycles. The Balaban J connectivity index is 1.91. The predicted molar refractivity (Wildman–Crippen MR) is 112 cm³/mol. The monoisotopic (exact) mass is 425 g/mol. The van der Waals surface area contributed by atoms with Crippen LogP contribution >= 0.6 is 0 Å². The lowest BCUT2D eigenvalue weighted by atomic mass is 9.99. The second-order valence-corrected chi connectivity index (χ2v) is 9.18. The van der Waals surface area contributed by atoms with Gasteiger partial charge in [-0.15, -0.1) is 0 Å². The Labute approximate surface area is 173 Å². The molecule has 2 aliphatic rings. The van der Waals surface area contributed by atoms with E-state index in [2.05, 4.69) is 10.2 Å². The van der Waals surface area contributed by atoms with Crippen molar-refractivity contribution in [2.75, 3.05) is 62.8 Å². The van der Waals surface area contributed by atoms with Crippen LogP contribution in [0.3, 0.4) is 0 Å². The third kappa shape index (κ3) is 5.09. The minimum absolute atomic E-state index is 0.0809. The summed E-state index contributed by atoms with van der Waals surface area (Å²) in [6.45, 7) is 8.19. The molecule has 2 fully saturated rings. The zero-order valence-corrected chi connectivity index (χ0v) is 18.0. The molecule has 1 amide bonds. The van der Waals surface area contributed by atoms with Crippen molar-refractivity contribution in [2.45, 2.75) is 31.6 Å². The van der Waals surface area contributed by atoms with E-state index in [1.54, 1.807) is 18.2 Å². The minimum Gasteiger partial charge on any atom is -0.381 e. The lowest BCUT2D eigenvalue weighted by Gasteiger charge is -2.28. The number of amides is 1. The average molecular weight is 426 g/mol. The van der Waals surface area contributed by atoms with Gasteiger partial charge in [0.1, 0.15) is 0 Å². The van der Waals surface area contributed by atoms with Crippen molar-refractivity contribution in [1.82, 2.24) is 4.31 Å². The van der Waals surface area contributed by atoms with E-state index < -0.39 is 10.0 Å². The fraction of sp³-hybridized carbons (Fsp3) is 0.650. The zero-order valence-electron chi connectivity index (χ0n) is 17.2. The average Bonchev–Trinajstić information content (AvgIpc) is 2.76. The van der Waals surface area contributed by atoms with Crippen LogP contribution in [-0.2, 0) is 24.3 Å². The molecule has 8 nitrogen and oxygen atoms in total. The van der Waals surface area contributed by atoms with Crippen molar-refractivity contribution in [2.24, 2.45) is 5.92 Å². The van der Waals surface area contributed by atoms with Gasteiger partial charge in [-0.2, -0.15) is 4.31 Å². The normalized spacial score (nSPS) is 19.1. The van der Waals surface area contributed by atoms with Crippen LogP contribution in [0.25, 0.3) is 0 Å². The number of nitrogens with zero attached hydrogens (tertiary/aromatic N) is 2. The summed E-state index contributed by atoms with van der Waals surface area (Å²) in [5.74, 6) is -0.199. The second kappa shape index (κ2) is 9.88. The van der Waals surface area contributed by atoms with Crippen molar-refractivity contribution in [3.8, 4) is 0 Å². The number of carbonyl (C=O) groups excluding carboxylic acids is 1. The van der Waals surface area contributed by atoms with E-state index in [4.69, 9.17) is 9.47 Å². The summed E-state index contributed by atoms with van der Waals surface area (Å²) in [5.41, 5.74) is 1.37. The Hall–Kier alpha value is -1.68. The number of anilines is 2. The standard InChI is InChI=1S/C20H31N3O5S/c1-3-22(4-2)19-6-5-17(29(25,26)23-9-13-28-14-10-23)15-18(19)21-20(24)16-7-11-27-12-8-16/h5-6,15-16H,3-4,7-14H2,1-2H3,(H,21,24). The van der Waals surface area contributed by atoms with Crippen molar-refractivity contribution in [3.05, 3.63) is 18.2 Å². The number of benzene rings is 1. The van der Waals surface area contributed by atoms with Crippen LogP contribution in [-0.4, -0.2) is 71.2 Å². The summed E-state index contributed by atoms with van der Waals surface area (Å²) in [7, 11) is -3.64. The van der Waals surface area contributed by atoms with E-state index in [1.165, 1.54) is 4.31 Å². The first kappa shape index (κ1) is 22.0. The Kier molecular flexibility index (Phi) is 7.50. The molecule has 9 heteroatoms. The second-order valence-electron chi connectivity index (χ2n) is 7.24. The van der Waals surface area contributed by atoms with Gasteiger partial charge in [0.2, 0.25) is 15.9 Å². The molecule has 1 aromatic carbocycles. The summed E-state index contributed by atoms with van der Waals surface area (Å²) in [6, 6.07) is 5.01. The molecule has 29 heavy (non-hydrogen) atoms. The van der Waals surface area contributed by atoms with Gasteiger partial charge in [0.15, 0.2) is 0 Å². The van der Waals surface area contributed by atoms with Gasteiger partial charge in [-0.25, -0.2) is 8.42 Å². The summed E-state index contributed by atoms with van der Waals surface area (Å²) in [6.07, 6.45) is 1.36. The number of sulfonamides is 1. The molecular weight excluding hydrogens is 394 g/mol. The minimum atomic E-state index is -3.64. The number of ether oxygens (including phenoxy) is 2. The molecule has 162 valence electrons. The highest BCUT2D eigenvalue weighted by Crippen LogP contribution is 2.31. The van der Waals surface area contributed by atoms with Crippen LogP contribution in [0.5, 0.6) is 0 Å². The van der Waals surface area contributed by atoms with Gasteiger partial charge in [-0.1, -0.05) is 0 Å². The van der Waals surface area contributed by atoms with E-state index in [-0.39, 0.29) is 16.7 Å². The van der Waals surface area contributed by atoms with Crippen molar-refractivity contribution >= 4 is 27.3 Å². The molecule has 2 heterocycles. The van der Waals surface area contributed by atoms with Crippen LogP contribution in [0, 0.1) is 5.92 Å². The molecule has 0 radical (unpaired) electrons. The Bertz CT molecular complexity index is 798. The molecule has 3 rings (SSSR count). The van der Waals surface area contributed by atoms with Crippen LogP contribution in [0.4, 0.5) is 11.4 Å². The first-order valence-electron chi connectivity index (χ1n) is 10.3. The first-order valence-corrected chi connectivity index (χ1v) is 11.8. The van der Waals surface area contributed by atoms with Gasteiger partial charge in [0.05, 0.1) is 29.5 Å². The smallest absolute Gasteiger partial charge is 0.243 e. The van der Waals surface area contributed by atoms with Gasteiger partial charge in [-0.05, 0) is 44.9 Å². The number of morpholine rings is 1. The van der Waals surface area contributed by atoms with Crippen LogP contribution in [0.2, 0.25) is 0 Å². The SMILES string of the molecule is CCN(CC)c1ccc(S(=O)(=O)N2CCOCC2)cc1NC(=O)C1CCOCC1. The molecule has 0 aliphatic carbocycles. The highest BCUT2D eigenvalue weighted by molar-refractivity contribution is 7.89. The largest absolute Gasteiger partial charge is 0.381 e. The third-order valence-electron chi connectivity index (χ3n) is 5.53. The highest BCUT2D eigenvalue weighted by atomic mass is 32.2. The molecule has 0 bridgehead atoms. The molecule has 0 spiro atoms. The number of hydrogen-bond donors (Lipinski definition) is 1. The molecule has 1 N–H and O–H groups in total. The summed E-state index contributed by atoms with van der Waals surface area (Å²) in [4.78, 5) is 15.1. The number of hydrogen-bond acceptors (Lipinski definition) is 6. The quantitative estimate of drug-likeness (QED) is 0.718. The van der Waals surface area contributed by atoms with E-state index in [0.717, 1.165) is 18.8 Å². The van der Waals surface area contributed by atoms with E-state index in [0.29, 0.717) is 58.0 Å². The lowest BCUT2D eigenvalue weighted by Crippen LogP contribution is -2.40. The van der Waals surface area contributed by atoms with Gasteiger partial charge in [-0.3, -0.25) is 4.79 Å². The predicted octanol–water partition coefficient (Wildman–Crippen LogP) is 1.92. The Morgan fingerprint density at radius 1 is 1.10 bits per heavy atom. The fourth-order valence-corrected chi connectivity index (χ4v) is 5.18. The number of nitrogens with one attached hydrogen (secondary N) is 1. The molecule has 2 aliphatic heterocycles.